The molecule has 0 aromatic heterocycles. The number of ether oxygens (including phenoxy) is 1. The van der Waals surface area contributed by atoms with Crippen LogP contribution in [-0.4, -0.2) is 24.6 Å². The predicted octanol–water partition coefficient (Wildman–Crippen LogP) is 3.24. The molecule has 2 heteroatoms. The maximum absolute atomic E-state index is 5.74. The Morgan fingerprint density at radius 2 is 1.88 bits per heavy atom. The highest BCUT2D eigenvalue weighted by atomic mass is 16.5. The van der Waals surface area contributed by atoms with Gasteiger partial charge in [-0.05, 0) is 32.0 Å². The van der Waals surface area contributed by atoms with Gasteiger partial charge in [0, 0.05) is 5.56 Å². The zero-order valence-electron chi connectivity index (χ0n) is 10.3. The van der Waals surface area contributed by atoms with Gasteiger partial charge in [0.15, 0.2) is 0 Å². The molecule has 0 spiro atoms. The molecule has 0 aliphatic carbocycles. The van der Waals surface area contributed by atoms with E-state index in [0.717, 1.165) is 25.4 Å². The van der Waals surface area contributed by atoms with Gasteiger partial charge < -0.3 is 4.74 Å². The lowest BCUT2D eigenvalue weighted by Gasteiger charge is -2.27. The van der Waals surface area contributed by atoms with Gasteiger partial charge in [0.05, 0.1) is 6.04 Å². The van der Waals surface area contributed by atoms with Crippen LogP contribution >= 0.6 is 0 Å². The van der Waals surface area contributed by atoms with Crippen LogP contribution in [0.25, 0.3) is 0 Å². The lowest BCUT2D eigenvalue weighted by atomic mass is 10.1. The largest absolute Gasteiger partial charge is 0.491 e. The first kappa shape index (κ1) is 11.5. The van der Waals surface area contributed by atoms with Crippen molar-refractivity contribution in [1.29, 1.82) is 0 Å². The lowest BCUT2D eigenvalue weighted by Crippen LogP contribution is -2.31. The fourth-order valence-corrected chi connectivity index (χ4v) is 2.45. The molecule has 16 heavy (non-hydrogen) atoms. The summed E-state index contributed by atoms with van der Waals surface area (Å²) >= 11 is 0. The molecule has 1 aromatic carbocycles. The van der Waals surface area contributed by atoms with Gasteiger partial charge in [-0.25, -0.2) is 0 Å². The van der Waals surface area contributed by atoms with Crippen LogP contribution in [0, 0.1) is 0 Å². The highest BCUT2D eigenvalue weighted by Crippen LogP contribution is 2.35. The molecular formula is C14H21NO. The zero-order valence-corrected chi connectivity index (χ0v) is 10.3. The van der Waals surface area contributed by atoms with Crippen molar-refractivity contribution in [2.24, 2.45) is 0 Å². The van der Waals surface area contributed by atoms with Gasteiger partial charge in [0.25, 0.3) is 0 Å². The van der Waals surface area contributed by atoms with E-state index in [9.17, 15) is 0 Å². The van der Waals surface area contributed by atoms with Crippen molar-refractivity contribution in [2.45, 2.75) is 32.7 Å². The third kappa shape index (κ3) is 2.22. The fourth-order valence-electron chi connectivity index (χ4n) is 2.45. The molecule has 0 fully saturated rings. The quantitative estimate of drug-likeness (QED) is 0.753. The number of hydrogen-bond acceptors (Lipinski definition) is 2. The van der Waals surface area contributed by atoms with Crippen LogP contribution in [0.2, 0.25) is 0 Å². The third-order valence-corrected chi connectivity index (χ3v) is 3.14. The number of rotatable bonds is 5. The van der Waals surface area contributed by atoms with Crippen LogP contribution in [0.3, 0.4) is 0 Å². The Hall–Kier alpha value is -1.02. The van der Waals surface area contributed by atoms with Gasteiger partial charge in [-0.1, -0.05) is 32.0 Å². The van der Waals surface area contributed by atoms with Gasteiger partial charge in [-0.2, -0.15) is 0 Å². The van der Waals surface area contributed by atoms with Gasteiger partial charge >= 0.3 is 0 Å². The van der Waals surface area contributed by atoms with E-state index in [1.807, 2.05) is 6.07 Å². The molecule has 88 valence electrons. The Bertz CT molecular complexity index is 331. The summed E-state index contributed by atoms with van der Waals surface area (Å²) in [5.74, 6) is 1.07. The van der Waals surface area contributed by atoms with Crippen molar-refractivity contribution < 1.29 is 4.74 Å². The summed E-state index contributed by atoms with van der Waals surface area (Å²) in [6.07, 6.45) is 2.41. The maximum atomic E-state index is 5.74. The van der Waals surface area contributed by atoms with Gasteiger partial charge in [-0.15, -0.1) is 0 Å². The molecule has 0 bridgehead atoms. The highest BCUT2D eigenvalue weighted by Gasteiger charge is 2.28. The second-order valence-corrected chi connectivity index (χ2v) is 4.40. The van der Waals surface area contributed by atoms with E-state index in [1.165, 1.54) is 18.4 Å². The molecule has 0 saturated carbocycles. The molecular weight excluding hydrogens is 198 g/mol. The molecule has 0 radical (unpaired) electrons. The fraction of sp³-hybridized carbons (Fsp3) is 0.571. The van der Waals surface area contributed by atoms with E-state index in [1.54, 1.807) is 0 Å². The van der Waals surface area contributed by atoms with E-state index < -0.39 is 0 Å². The van der Waals surface area contributed by atoms with E-state index in [0.29, 0.717) is 6.04 Å². The second-order valence-electron chi connectivity index (χ2n) is 4.40. The molecule has 1 unspecified atom stereocenters. The maximum Gasteiger partial charge on any atom is 0.124 e. The third-order valence-electron chi connectivity index (χ3n) is 3.14. The van der Waals surface area contributed by atoms with Gasteiger partial charge in [0.1, 0.15) is 12.4 Å². The van der Waals surface area contributed by atoms with Crippen LogP contribution < -0.4 is 4.74 Å². The molecule has 1 heterocycles. The second kappa shape index (κ2) is 5.35. The van der Waals surface area contributed by atoms with Crippen molar-refractivity contribution in [3.63, 3.8) is 0 Å². The smallest absolute Gasteiger partial charge is 0.124 e. The summed E-state index contributed by atoms with van der Waals surface area (Å²) in [6.45, 7) is 7.63. The van der Waals surface area contributed by atoms with Crippen LogP contribution in [0.4, 0.5) is 0 Å². The van der Waals surface area contributed by atoms with Crippen LogP contribution in [0.1, 0.15) is 38.3 Å². The summed E-state index contributed by atoms with van der Waals surface area (Å²) < 4.78 is 5.74. The van der Waals surface area contributed by atoms with Crippen molar-refractivity contribution in [2.75, 3.05) is 19.7 Å². The molecule has 0 saturated heterocycles. The summed E-state index contributed by atoms with van der Waals surface area (Å²) in [6, 6.07) is 8.90. The van der Waals surface area contributed by atoms with Gasteiger partial charge in [-0.3, -0.25) is 4.90 Å². The Morgan fingerprint density at radius 1 is 1.19 bits per heavy atom. The first-order valence-corrected chi connectivity index (χ1v) is 6.32. The Morgan fingerprint density at radius 3 is 2.56 bits per heavy atom. The summed E-state index contributed by atoms with van der Waals surface area (Å²) in [5, 5.41) is 0. The van der Waals surface area contributed by atoms with Gasteiger partial charge in [0.2, 0.25) is 0 Å². The van der Waals surface area contributed by atoms with E-state index >= 15 is 0 Å². The first-order chi connectivity index (χ1) is 7.86. The first-order valence-electron chi connectivity index (χ1n) is 6.32. The van der Waals surface area contributed by atoms with Crippen molar-refractivity contribution in [3.05, 3.63) is 29.8 Å². The van der Waals surface area contributed by atoms with Crippen molar-refractivity contribution in [3.8, 4) is 5.75 Å². The van der Waals surface area contributed by atoms with Crippen LogP contribution in [0.5, 0.6) is 5.75 Å². The van der Waals surface area contributed by atoms with Crippen molar-refractivity contribution >= 4 is 0 Å². The van der Waals surface area contributed by atoms with Crippen LogP contribution in [-0.2, 0) is 0 Å². The normalized spacial score (nSPS) is 18.6. The molecule has 2 rings (SSSR count). The molecule has 2 nitrogen and oxygen atoms in total. The summed E-state index contributed by atoms with van der Waals surface area (Å²) in [7, 11) is 0. The zero-order chi connectivity index (χ0) is 11.4. The van der Waals surface area contributed by atoms with E-state index in [2.05, 4.69) is 36.9 Å². The summed E-state index contributed by atoms with van der Waals surface area (Å²) in [5.41, 5.74) is 1.37. The SMILES string of the molecule is CCCN(CCC)C1COc2ccccc21. The molecule has 0 amide bonds. The monoisotopic (exact) mass is 219 g/mol. The Balaban J connectivity index is 2.15. The summed E-state index contributed by atoms with van der Waals surface area (Å²) in [4.78, 5) is 2.55. The average molecular weight is 219 g/mol. The minimum Gasteiger partial charge on any atom is -0.491 e. The van der Waals surface area contributed by atoms with E-state index in [4.69, 9.17) is 4.74 Å². The molecule has 1 atom stereocenters. The van der Waals surface area contributed by atoms with E-state index in [-0.39, 0.29) is 0 Å². The van der Waals surface area contributed by atoms with Crippen LogP contribution in [0.15, 0.2) is 24.3 Å². The standard InChI is InChI=1S/C14H21NO/c1-3-9-15(10-4-2)13-11-16-14-8-6-5-7-12(13)14/h5-8,13H,3-4,9-11H2,1-2H3. The number of hydrogen-bond donors (Lipinski definition) is 0. The number of fused-ring (bicyclic) bond motifs is 1. The average Bonchev–Trinajstić information content (AvgIpc) is 2.72. The highest BCUT2D eigenvalue weighted by molar-refractivity contribution is 5.39. The minimum atomic E-state index is 0.469. The molecule has 1 aliphatic rings. The topological polar surface area (TPSA) is 12.5 Å². The Labute approximate surface area is 98.2 Å². The number of benzene rings is 1. The molecule has 1 aromatic rings. The Kier molecular flexibility index (Phi) is 3.83. The van der Waals surface area contributed by atoms with Crippen molar-refractivity contribution in [1.82, 2.24) is 4.90 Å². The minimum absolute atomic E-state index is 0.469. The lowest BCUT2D eigenvalue weighted by molar-refractivity contribution is 0.163. The predicted molar refractivity (Wildman–Crippen MR) is 66.8 cm³/mol. The number of nitrogens with zero attached hydrogens (tertiary/aromatic N) is 1. The molecule has 0 N–H and O–H groups in total. The molecule has 1 aliphatic heterocycles. The number of para-hydroxylation sites is 1.